The minimum atomic E-state index is -0.800. The lowest BCUT2D eigenvalue weighted by Crippen LogP contribution is -2.07. The highest BCUT2D eigenvalue weighted by Gasteiger charge is 2.09. The topological polar surface area (TPSA) is 85.1 Å². The van der Waals surface area contributed by atoms with Gasteiger partial charge >= 0.3 is 0 Å². The molecule has 0 aliphatic heterocycles. The summed E-state index contributed by atoms with van der Waals surface area (Å²) in [6, 6.07) is 1.40. The van der Waals surface area contributed by atoms with Gasteiger partial charge in [0.25, 0.3) is 5.69 Å². The molecule has 1 heterocycles. The Morgan fingerprint density at radius 3 is 2.88 bits per heavy atom. The van der Waals surface area contributed by atoms with Crippen LogP contribution in [-0.4, -0.2) is 32.7 Å². The summed E-state index contributed by atoms with van der Waals surface area (Å²) in [5.41, 5.74) is -0.0583. The molecule has 0 spiro atoms. The van der Waals surface area contributed by atoms with Crippen molar-refractivity contribution in [3.63, 3.8) is 0 Å². The van der Waals surface area contributed by atoms with Crippen molar-refractivity contribution in [1.82, 2.24) is 4.98 Å². The predicted molar refractivity (Wildman–Crippen MR) is 70.6 cm³/mol. The van der Waals surface area contributed by atoms with Gasteiger partial charge in [-0.1, -0.05) is 0 Å². The monoisotopic (exact) mass is 321 g/mol. The maximum atomic E-state index is 10.8. The van der Waals surface area contributed by atoms with Crippen LogP contribution in [-0.2, 0) is 10.8 Å². The SMILES string of the molecule is CS(=O)CCCNc1ncc([N+](=O)[O-])cc1Br. The first kappa shape index (κ1) is 14.0. The number of anilines is 1. The molecule has 0 saturated carbocycles. The first-order chi connectivity index (χ1) is 8.00. The zero-order valence-electron chi connectivity index (χ0n) is 9.18. The van der Waals surface area contributed by atoms with Gasteiger partial charge in [-0.15, -0.1) is 0 Å². The Labute approximate surface area is 110 Å². The molecule has 0 aromatic carbocycles. The number of hydrogen-bond acceptors (Lipinski definition) is 5. The number of nitrogens with zero attached hydrogens (tertiary/aromatic N) is 2. The van der Waals surface area contributed by atoms with E-state index in [1.54, 1.807) is 6.26 Å². The van der Waals surface area contributed by atoms with E-state index in [1.165, 1.54) is 12.3 Å². The number of halogens is 1. The zero-order valence-corrected chi connectivity index (χ0v) is 11.6. The van der Waals surface area contributed by atoms with Crippen molar-refractivity contribution in [2.24, 2.45) is 0 Å². The number of hydrogen-bond donors (Lipinski definition) is 1. The fourth-order valence-corrected chi connectivity index (χ4v) is 2.17. The highest BCUT2D eigenvalue weighted by Crippen LogP contribution is 2.24. The van der Waals surface area contributed by atoms with Crippen molar-refractivity contribution in [3.8, 4) is 0 Å². The molecule has 0 amide bonds. The summed E-state index contributed by atoms with van der Waals surface area (Å²) in [7, 11) is -0.800. The summed E-state index contributed by atoms with van der Waals surface area (Å²) in [4.78, 5) is 13.9. The molecule has 6 nitrogen and oxygen atoms in total. The summed E-state index contributed by atoms with van der Waals surface area (Å²) in [5, 5.41) is 13.5. The average Bonchev–Trinajstić information content (AvgIpc) is 2.25. The van der Waals surface area contributed by atoms with E-state index in [4.69, 9.17) is 0 Å². The van der Waals surface area contributed by atoms with Gasteiger partial charge in [-0.25, -0.2) is 4.98 Å². The van der Waals surface area contributed by atoms with Crippen LogP contribution >= 0.6 is 15.9 Å². The van der Waals surface area contributed by atoms with Crippen molar-refractivity contribution in [2.75, 3.05) is 23.9 Å². The van der Waals surface area contributed by atoms with Crippen LogP contribution in [0.5, 0.6) is 0 Å². The van der Waals surface area contributed by atoms with Crippen molar-refractivity contribution < 1.29 is 9.13 Å². The Morgan fingerprint density at radius 1 is 1.65 bits per heavy atom. The Bertz CT molecular complexity index is 441. The van der Waals surface area contributed by atoms with Gasteiger partial charge in [0.2, 0.25) is 0 Å². The van der Waals surface area contributed by atoms with Gasteiger partial charge in [0.15, 0.2) is 0 Å². The first-order valence-electron chi connectivity index (χ1n) is 4.84. The average molecular weight is 322 g/mol. The van der Waals surface area contributed by atoms with Crippen molar-refractivity contribution in [3.05, 3.63) is 26.9 Å². The highest BCUT2D eigenvalue weighted by molar-refractivity contribution is 9.10. The van der Waals surface area contributed by atoms with Crippen molar-refractivity contribution >= 4 is 38.2 Å². The van der Waals surface area contributed by atoms with Gasteiger partial charge in [0, 0.05) is 35.4 Å². The zero-order chi connectivity index (χ0) is 12.8. The number of aromatic nitrogens is 1. The molecule has 0 aliphatic rings. The second-order valence-electron chi connectivity index (χ2n) is 3.34. The Kier molecular flexibility index (Phi) is 5.49. The van der Waals surface area contributed by atoms with Crippen LogP contribution in [0, 0.1) is 10.1 Å². The van der Waals surface area contributed by atoms with Crippen LogP contribution in [0.25, 0.3) is 0 Å². The second-order valence-corrected chi connectivity index (χ2v) is 5.75. The summed E-state index contributed by atoms with van der Waals surface area (Å²) >= 11 is 3.21. The summed E-state index contributed by atoms with van der Waals surface area (Å²) in [5.74, 6) is 1.18. The highest BCUT2D eigenvalue weighted by atomic mass is 79.9. The fourth-order valence-electron chi connectivity index (χ4n) is 1.14. The van der Waals surface area contributed by atoms with E-state index in [9.17, 15) is 14.3 Å². The predicted octanol–water partition coefficient (Wildman–Crippen LogP) is 1.93. The van der Waals surface area contributed by atoms with E-state index in [0.29, 0.717) is 22.6 Å². The molecule has 1 aromatic rings. The molecule has 94 valence electrons. The third-order valence-electron chi connectivity index (χ3n) is 1.94. The van der Waals surface area contributed by atoms with Gasteiger partial charge in [0.05, 0.1) is 9.40 Å². The largest absolute Gasteiger partial charge is 0.369 e. The number of pyridine rings is 1. The molecule has 8 heteroatoms. The molecular formula is C9H12BrN3O3S. The lowest BCUT2D eigenvalue weighted by Gasteiger charge is -2.06. The van der Waals surface area contributed by atoms with E-state index in [0.717, 1.165) is 6.42 Å². The smallest absolute Gasteiger partial charge is 0.288 e. The fraction of sp³-hybridized carbons (Fsp3) is 0.444. The van der Waals surface area contributed by atoms with Crippen LogP contribution in [0.1, 0.15) is 6.42 Å². The summed E-state index contributed by atoms with van der Waals surface area (Å²) < 4.78 is 11.4. The maximum Gasteiger partial charge on any atom is 0.288 e. The molecule has 1 rings (SSSR count). The molecule has 0 fully saturated rings. The van der Waals surface area contributed by atoms with E-state index in [-0.39, 0.29) is 5.69 Å². The molecule has 0 saturated heterocycles. The minimum absolute atomic E-state index is 0.0583. The maximum absolute atomic E-state index is 10.8. The number of nitrogens with one attached hydrogen (secondary N) is 1. The third kappa shape index (κ3) is 4.78. The second kappa shape index (κ2) is 6.65. The number of nitro groups is 1. The van der Waals surface area contributed by atoms with Crippen molar-refractivity contribution in [2.45, 2.75) is 6.42 Å². The molecule has 17 heavy (non-hydrogen) atoms. The summed E-state index contributed by atoms with van der Waals surface area (Å²) in [6.45, 7) is 0.628. The van der Waals surface area contributed by atoms with Crippen LogP contribution in [0.4, 0.5) is 11.5 Å². The van der Waals surface area contributed by atoms with Crippen LogP contribution in [0.3, 0.4) is 0 Å². The molecule has 0 radical (unpaired) electrons. The quantitative estimate of drug-likeness (QED) is 0.491. The summed E-state index contributed by atoms with van der Waals surface area (Å²) in [6.07, 6.45) is 3.61. The molecule has 1 atom stereocenters. The van der Waals surface area contributed by atoms with E-state index < -0.39 is 15.7 Å². The lowest BCUT2D eigenvalue weighted by molar-refractivity contribution is -0.385. The van der Waals surface area contributed by atoms with Crippen LogP contribution in [0.15, 0.2) is 16.7 Å². The Morgan fingerprint density at radius 2 is 2.35 bits per heavy atom. The molecule has 0 bridgehead atoms. The molecule has 1 aromatic heterocycles. The normalized spacial score (nSPS) is 12.1. The molecule has 1 unspecified atom stereocenters. The van der Waals surface area contributed by atoms with Crippen molar-refractivity contribution in [1.29, 1.82) is 0 Å². The Hall–Kier alpha value is -1.02. The van der Waals surface area contributed by atoms with Gasteiger partial charge in [-0.05, 0) is 22.4 Å². The molecule has 0 aliphatic carbocycles. The standard InChI is InChI=1S/C9H12BrN3O3S/c1-17(16)4-2-3-11-9-8(10)5-7(6-12-9)13(14)15/h5-6H,2-4H2,1H3,(H,11,12). The Balaban J connectivity index is 2.54. The first-order valence-corrected chi connectivity index (χ1v) is 7.36. The van der Waals surface area contributed by atoms with Gasteiger partial charge in [-0.2, -0.15) is 0 Å². The van der Waals surface area contributed by atoms with Gasteiger partial charge in [0.1, 0.15) is 12.0 Å². The number of rotatable bonds is 6. The van der Waals surface area contributed by atoms with Crippen LogP contribution in [0.2, 0.25) is 0 Å². The van der Waals surface area contributed by atoms with Crippen LogP contribution < -0.4 is 5.32 Å². The molecular weight excluding hydrogens is 310 g/mol. The minimum Gasteiger partial charge on any atom is -0.369 e. The lowest BCUT2D eigenvalue weighted by atomic mass is 10.4. The van der Waals surface area contributed by atoms with E-state index in [2.05, 4.69) is 26.2 Å². The van der Waals surface area contributed by atoms with Gasteiger partial charge < -0.3 is 5.32 Å². The molecule has 1 N–H and O–H groups in total. The van der Waals surface area contributed by atoms with E-state index in [1.807, 2.05) is 0 Å². The third-order valence-corrected chi connectivity index (χ3v) is 3.41. The van der Waals surface area contributed by atoms with Gasteiger partial charge in [-0.3, -0.25) is 14.3 Å². The van der Waals surface area contributed by atoms with E-state index >= 15 is 0 Å².